The number of carbonyl (C=O) groups is 1. The fourth-order valence-corrected chi connectivity index (χ4v) is 3.36. The average Bonchev–Trinajstić information content (AvgIpc) is 3.13. The lowest BCUT2D eigenvalue weighted by Crippen LogP contribution is -2.31. The summed E-state index contributed by atoms with van der Waals surface area (Å²) in [5.41, 5.74) is 2.62. The summed E-state index contributed by atoms with van der Waals surface area (Å²) in [6.07, 6.45) is 19.8. The van der Waals surface area contributed by atoms with E-state index in [-0.39, 0.29) is 11.8 Å². The number of carbonyl (C=O) groups excluding carboxylic acids is 1. The van der Waals surface area contributed by atoms with E-state index < -0.39 is 0 Å². The molecule has 0 aliphatic heterocycles. The molecule has 1 amide bonds. The average molecular weight is 428 g/mol. The van der Waals surface area contributed by atoms with Crippen LogP contribution in [-0.2, 0) is 11.3 Å². The van der Waals surface area contributed by atoms with Crippen LogP contribution >= 0.6 is 11.3 Å². The van der Waals surface area contributed by atoms with Crippen LogP contribution in [0.15, 0.2) is 77.3 Å². The Kier molecular flexibility index (Phi) is 16.4. The van der Waals surface area contributed by atoms with Gasteiger partial charge in [0.05, 0.1) is 12.5 Å². The minimum Gasteiger partial charge on any atom is -0.340 e. The first-order chi connectivity index (χ1) is 14.5. The highest BCUT2D eigenvalue weighted by molar-refractivity contribution is 7.09. The van der Waals surface area contributed by atoms with Gasteiger partial charge in [-0.2, -0.15) is 0 Å². The lowest BCUT2D eigenvalue weighted by Gasteiger charge is -2.22. The molecular formula is C27H41NOS. The number of hydrogen-bond donors (Lipinski definition) is 0. The van der Waals surface area contributed by atoms with E-state index in [0.717, 1.165) is 19.3 Å². The second-order valence-electron chi connectivity index (χ2n) is 6.96. The highest BCUT2D eigenvalue weighted by Gasteiger charge is 2.20. The monoisotopic (exact) mass is 427 g/mol. The van der Waals surface area contributed by atoms with Crippen molar-refractivity contribution in [2.45, 2.75) is 67.3 Å². The van der Waals surface area contributed by atoms with Crippen LogP contribution in [0.2, 0.25) is 0 Å². The van der Waals surface area contributed by atoms with E-state index in [1.807, 2.05) is 62.4 Å². The maximum Gasteiger partial charge on any atom is 0.229 e. The van der Waals surface area contributed by atoms with Crippen LogP contribution in [0.5, 0.6) is 0 Å². The Morgan fingerprint density at radius 3 is 2.57 bits per heavy atom. The molecule has 3 heteroatoms. The second kappa shape index (κ2) is 17.7. The number of rotatable bonds is 7. The van der Waals surface area contributed by atoms with Crippen LogP contribution in [0.25, 0.3) is 0 Å². The van der Waals surface area contributed by atoms with Gasteiger partial charge >= 0.3 is 0 Å². The van der Waals surface area contributed by atoms with Gasteiger partial charge < -0.3 is 4.90 Å². The Balaban J connectivity index is 0.000000648. The molecule has 1 aromatic heterocycles. The van der Waals surface area contributed by atoms with Crippen LogP contribution in [0.3, 0.4) is 0 Å². The fraction of sp³-hybridized carbons (Fsp3) is 0.444. The van der Waals surface area contributed by atoms with Crippen molar-refractivity contribution >= 4 is 17.2 Å². The van der Waals surface area contributed by atoms with Crippen LogP contribution in [0, 0.1) is 5.92 Å². The summed E-state index contributed by atoms with van der Waals surface area (Å²) in [4.78, 5) is 15.5. The van der Waals surface area contributed by atoms with E-state index in [1.54, 1.807) is 11.3 Å². The molecule has 1 aliphatic carbocycles. The smallest absolute Gasteiger partial charge is 0.229 e. The van der Waals surface area contributed by atoms with Crippen molar-refractivity contribution in [2.75, 3.05) is 7.05 Å². The molecule has 2 nitrogen and oxygen atoms in total. The maximum absolute atomic E-state index is 12.4. The Bertz CT molecular complexity index is 720. The summed E-state index contributed by atoms with van der Waals surface area (Å²) < 4.78 is 0. The molecule has 166 valence electrons. The molecule has 0 aromatic carbocycles. The van der Waals surface area contributed by atoms with Gasteiger partial charge in [0.25, 0.3) is 0 Å². The van der Waals surface area contributed by atoms with Gasteiger partial charge in [0, 0.05) is 11.9 Å². The fourth-order valence-electron chi connectivity index (χ4n) is 2.60. The highest BCUT2D eigenvalue weighted by Crippen LogP contribution is 2.21. The van der Waals surface area contributed by atoms with Gasteiger partial charge in [-0.15, -0.1) is 11.3 Å². The summed E-state index contributed by atoms with van der Waals surface area (Å²) in [6.45, 7) is 13.2. The molecule has 0 spiro atoms. The molecule has 0 saturated carbocycles. The molecule has 1 unspecified atom stereocenters. The standard InChI is InChI=1S/C16H19NOS.C9H16.C2H6/c1-13(14-8-5-3-4-6-9-14)16(18)17(2)12-15-10-7-11-19-15;1-4-6-7-8-9(3)5-2;1-2/h3-8,10-11,13H,9,12H2,1-2H3;6-8H,4-5H2,1-3H3;1-2H3/b;7-6-,9-8-;. The van der Waals surface area contributed by atoms with Crippen LogP contribution in [0.1, 0.15) is 65.7 Å². The van der Waals surface area contributed by atoms with Crippen molar-refractivity contribution < 1.29 is 4.79 Å². The molecule has 0 saturated heterocycles. The summed E-state index contributed by atoms with van der Waals surface area (Å²) >= 11 is 1.69. The predicted molar refractivity (Wildman–Crippen MR) is 136 cm³/mol. The third-order valence-corrected chi connectivity index (χ3v) is 5.47. The Hall–Kier alpha value is -2.13. The predicted octanol–water partition coefficient (Wildman–Crippen LogP) is 8.12. The van der Waals surface area contributed by atoms with E-state index in [4.69, 9.17) is 0 Å². The maximum atomic E-state index is 12.4. The Labute approximate surface area is 189 Å². The zero-order valence-corrected chi connectivity index (χ0v) is 20.8. The molecule has 0 radical (unpaired) electrons. The lowest BCUT2D eigenvalue weighted by molar-refractivity contribution is -0.133. The van der Waals surface area contributed by atoms with Crippen molar-refractivity contribution in [1.29, 1.82) is 0 Å². The van der Waals surface area contributed by atoms with Crippen LogP contribution in [-0.4, -0.2) is 17.9 Å². The molecule has 1 aromatic rings. The van der Waals surface area contributed by atoms with Crippen molar-refractivity contribution in [3.63, 3.8) is 0 Å². The molecule has 30 heavy (non-hydrogen) atoms. The number of nitrogens with zero attached hydrogens (tertiary/aromatic N) is 1. The third-order valence-electron chi connectivity index (χ3n) is 4.61. The largest absolute Gasteiger partial charge is 0.340 e. The lowest BCUT2D eigenvalue weighted by atomic mass is 9.96. The SMILES string of the molecule is CC.CC(C(=O)N(C)Cc1cccs1)C1=CC=CC=CC1.CC/C=C\C=C(\C)CC. The minimum absolute atomic E-state index is 0.0580. The molecular weight excluding hydrogens is 386 g/mol. The highest BCUT2D eigenvalue weighted by atomic mass is 32.1. The zero-order valence-electron chi connectivity index (χ0n) is 20.0. The first-order valence-electron chi connectivity index (χ1n) is 11.1. The number of hydrogen-bond acceptors (Lipinski definition) is 2. The summed E-state index contributed by atoms with van der Waals surface area (Å²) in [7, 11) is 1.88. The molecule has 1 aliphatic rings. The van der Waals surface area contributed by atoms with Crippen molar-refractivity contribution in [1.82, 2.24) is 4.90 Å². The number of allylic oxidation sites excluding steroid dienone is 9. The number of thiophene rings is 1. The van der Waals surface area contributed by atoms with Gasteiger partial charge in [0.2, 0.25) is 5.91 Å². The first kappa shape index (κ1) is 27.9. The van der Waals surface area contributed by atoms with E-state index in [9.17, 15) is 4.79 Å². The molecule has 1 atom stereocenters. The van der Waals surface area contributed by atoms with Crippen LogP contribution in [0.4, 0.5) is 0 Å². The zero-order chi connectivity index (χ0) is 22.8. The minimum atomic E-state index is -0.0580. The van der Waals surface area contributed by atoms with Gasteiger partial charge in [-0.1, -0.05) is 93.5 Å². The van der Waals surface area contributed by atoms with Gasteiger partial charge in [0.1, 0.15) is 0 Å². The van der Waals surface area contributed by atoms with Crippen LogP contribution < -0.4 is 0 Å². The van der Waals surface area contributed by atoms with Crippen molar-refractivity contribution in [3.8, 4) is 0 Å². The normalized spacial score (nSPS) is 14.1. The van der Waals surface area contributed by atoms with Gasteiger partial charge in [-0.3, -0.25) is 4.79 Å². The van der Waals surface area contributed by atoms with Gasteiger partial charge in [-0.05, 0) is 44.6 Å². The molecule has 0 fully saturated rings. The molecule has 1 heterocycles. The Morgan fingerprint density at radius 1 is 1.23 bits per heavy atom. The topological polar surface area (TPSA) is 20.3 Å². The molecule has 0 N–H and O–H groups in total. The number of amides is 1. The summed E-state index contributed by atoms with van der Waals surface area (Å²) in [6, 6.07) is 4.08. The van der Waals surface area contributed by atoms with Crippen molar-refractivity contribution in [3.05, 3.63) is 82.1 Å². The Morgan fingerprint density at radius 2 is 1.97 bits per heavy atom. The summed E-state index contributed by atoms with van der Waals surface area (Å²) in [5, 5.41) is 2.04. The van der Waals surface area contributed by atoms with E-state index in [1.165, 1.54) is 16.0 Å². The van der Waals surface area contributed by atoms with E-state index >= 15 is 0 Å². The van der Waals surface area contributed by atoms with E-state index in [2.05, 4.69) is 57.2 Å². The van der Waals surface area contributed by atoms with Crippen molar-refractivity contribution in [2.24, 2.45) is 5.92 Å². The molecule has 0 bridgehead atoms. The third kappa shape index (κ3) is 11.8. The molecule has 2 rings (SSSR count). The summed E-state index contributed by atoms with van der Waals surface area (Å²) in [5.74, 6) is 0.126. The quantitative estimate of drug-likeness (QED) is 0.402. The second-order valence-corrected chi connectivity index (χ2v) is 7.99. The van der Waals surface area contributed by atoms with Gasteiger partial charge in [0.15, 0.2) is 0 Å². The van der Waals surface area contributed by atoms with Gasteiger partial charge in [-0.25, -0.2) is 0 Å². The first-order valence-corrected chi connectivity index (χ1v) is 12.0. The van der Waals surface area contributed by atoms with E-state index in [0.29, 0.717) is 6.54 Å².